The molecule has 2 N–H and O–H groups in total. The Morgan fingerprint density at radius 2 is 1.26 bits per heavy atom. The molecule has 4 amide bonds. The maximum Gasteiger partial charge on any atom is 0.321 e. The van der Waals surface area contributed by atoms with Gasteiger partial charge in [0.25, 0.3) is 0 Å². The van der Waals surface area contributed by atoms with Gasteiger partial charge in [-0.1, -0.05) is 30.3 Å². The van der Waals surface area contributed by atoms with E-state index in [2.05, 4.69) is 10.6 Å². The van der Waals surface area contributed by atoms with Crippen LogP contribution in [0.3, 0.4) is 0 Å². The molecule has 184 valence electrons. The van der Waals surface area contributed by atoms with Crippen LogP contribution in [-0.4, -0.2) is 50.2 Å². The van der Waals surface area contributed by atoms with Crippen molar-refractivity contribution >= 4 is 23.4 Å². The fourth-order valence-electron chi connectivity index (χ4n) is 3.50. The third kappa shape index (κ3) is 7.14. The molecule has 0 aliphatic carbocycles. The monoisotopic (exact) mass is 476 g/mol. The summed E-state index contributed by atoms with van der Waals surface area (Å²) in [5.41, 5.74) is 4.01. The summed E-state index contributed by atoms with van der Waals surface area (Å²) in [6, 6.07) is 20.1. The number of hydrogen-bond donors (Lipinski definition) is 2. The normalized spacial score (nSPS) is 10.3. The molecule has 0 fully saturated rings. The molecular weight excluding hydrogens is 444 g/mol. The van der Waals surface area contributed by atoms with Crippen LogP contribution in [0, 0.1) is 6.92 Å². The van der Waals surface area contributed by atoms with Gasteiger partial charge >= 0.3 is 12.1 Å². The van der Waals surface area contributed by atoms with E-state index in [-0.39, 0.29) is 12.1 Å². The second-order valence-corrected chi connectivity index (χ2v) is 8.31. The number of nitrogens with zero attached hydrogens (tertiary/aromatic N) is 2. The minimum atomic E-state index is -0.260. The molecule has 0 unspecified atom stereocenters. The first-order valence-electron chi connectivity index (χ1n) is 11.2. The quantitative estimate of drug-likeness (QED) is 0.460. The van der Waals surface area contributed by atoms with Crippen molar-refractivity contribution in [3.05, 3.63) is 83.4 Å². The summed E-state index contributed by atoms with van der Waals surface area (Å²) >= 11 is 0. The number of rotatable bonds is 8. The fourth-order valence-corrected chi connectivity index (χ4v) is 3.50. The average Bonchev–Trinajstić information content (AvgIpc) is 2.86. The van der Waals surface area contributed by atoms with Gasteiger partial charge in [-0.05, 0) is 60.0 Å². The Hall–Kier alpha value is -4.20. The molecule has 3 aromatic rings. The summed E-state index contributed by atoms with van der Waals surface area (Å²) in [6.07, 6.45) is 0. The molecule has 8 nitrogen and oxygen atoms in total. The van der Waals surface area contributed by atoms with E-state index in [1.54, 1.807) is 44.2 Å². The minimum absolute atomic E-state index is 0.255. The maximum absolute atomic E-state index is 12.8. The van der Waals surface area contributed by atoms with Gasteiger partial charge in [0.15, 0.2) is 0 Å². The van der Waals surface area contributed by atoms with Crippen LogP contribution in [-0.2, 0) is 13.1 Å². The van der Waals surface area contributed by atoms with Gasteiger partial charge in [0.05, 0.1) is 14.2 Å². The highest BCUT2D eigenvalue weighted by Gasteiger charge is 2.14. The molecule has 0 aliphatic rings. The molecule has 3 aromatic carbocycles. The highest BCUT2D eigenvalue weighted by atomic mass is 16.5. The summed E-state index contributed by atoms with van der Waals surface area (Å²) in [6.45, 7) is 2.75. The molecule has 0 saturated carbocycles. The van der Waals surface area contributed by atoms with Crippen molar-refractivity contribution in [3.63, 3.8) is 0 Å². The Kier molecular flexibility index (Phi) is 8.56. The number of ether oxygens (including phenoxy) is 2. The van der Waals surface area contributed by atoms with Crippen molar-refractivity contribution in [2.75, 3.05) is 38.9 Å². The Labute approximate surface area is 206 Å². The van der Waals surface area contributed by atoms with Crippen molar-refractivity contribution in [2.45, 2.75) is 20.0 Å². The third-order valence-electron chi connectivity index (χ3n) is 5.53. The van der Waals surface area contributed by atoms with E-state index in [9.17, 15) is 9.59 Å². The average molecular weight is 477 g/mol. The van der Waals surface area contributed by atoms with Crippen LogP contribution >= 0.6 is 0 Å². The predicted octanol–water partition coefficient (Wildman–Crippen LogP) is 5.34. The number of methoxy groups -OCH3 is 2. The SMILES string of the molecule is COc1cccc(CN(C)C(=O)Nc2ccc(C)c(NC(=O)N(C)Cc3cccc(OC)c3)c2)c1. The number of nitrogens with one attached hydrogen (secondary N) is 2. The van der Waals surface area contributed by atoms with Crippen LogP contribution < -0.4 is 20.1 Å². The molecule has 0 radical (unpaired) electrons. The summed E-state index contributed by atoms with van der Waals surface area (Å²) in [5.74, 6) is 1.48. The van der Waals surface area contributed by atoms with E-state index < -0.39 is 0 Å². The van der Waals surface area contributed by atoms with E-state index in [0.29, 0.717) is 24.5 Å². The van der Waals surface area contributed by atoms with Crippen molar-refractivity contribution < 1.29 is 19.1 Å². The first kappa shape index (κ1) is 25.4. The van der Waals surface area contributed by atoms with E-state index in [1.165, 1.54) is 0 Å². The number of carbonyl (C=O) groups excluding carboxylic acids is 2. The zero-order valence-electron chi connectivity index (χ0n) is 20.8. The zero-order chi connectivity index (χ0) is 25.4. The highest BCUT2D eigenvalue weighted by Crippen LogP contribution is 2.22. The van der Waals surface area contributed by atoms with E-state index in [1.807, 2.05) is 67.6 Å². The van der Waals surface area contributed by atoms with Crippen molar-refractivity contribution in [1.82, 2.24) is 9.80 Å². The standard InChI is InChI=1S/C27H32N4O4/c1-19-12-13-22(28-26(32)30(2)17-20-8-6-10-23(14-20)34-4)16-25(19)29-27(33)31(3)18-21-9-7-11-24(15-21)35-5/h6-16H,17-18H2,1-5H3,(H,28,32)(H,29,33). The van der Waals surface area contributed by atoms with E-state index in [0.717, 1.165) is 28.2 Å². The van der Waals surface area contributed by atoms with Crippen LogP contribution in [0.4, 0.5) is 21.0 Å². The Balaban J connectivity index is 1.61. The lowest BCUT2D eigenvalue weighted by atomic mass is 10.1. The molecule has 3 rings (SSSR count). The van der Waals surface area contributed by atoms with Gasteiger partial charge in [0, 0.05) is 38.6 Å². The van der Waals surface area contributed by atoms with Gasteiger partial charge in [0.2, 0.25) is 0 Å². The first-order valence-corrected chi connectivity index (χ1v) is 11.2. The van der Waals surface area contributed by atoms with E-state index >= 15 is 0 Å². The lowest BCUT2D eigenvalue weighted by Gasteiger charge is -2.21. The number of amides is 4. The molecule has 0 aliphatic heterocycles. The fraction of sp³-hybridized carbons (Fsp3) is 0.259. The first-order chi connectivity index (χ1) is 16.8. The summed E-state index contributed by atoms with van der Waals surface area (Å²) in [7, 11) is 6.67. The second kappa shape index (κ2) is 11.8. The number of aryl methyl sites for hydroxylation is 1. The van der Waals surface area contributed by atoms with Gasteiger partial charge in [-0.2, -0.15) is 0 Å². The van der Waals surface area contributed by atoms with Gasteiger partial charge in [-0.3, -0.25) is 0 Å². The molecule has 0 atom stereocenters. The van der Waals surface area contributed by atoms with Gasteiger partial charge in [-0.25, -0.2) is 9.59 Å². The van der Waals surface area contributed by atoms with Crippen LogP contribution in [0.2, 0.25) is 0 Å². The number of carbonyl (C=O) groups is 2. The van der Waals surface area contributed by atoms with Crippen molar-refractivity contribution in [1.29, 1.82) is 0 Å². The lowest BCUT2D eigenvalue weighted by molar-refractivity contribution is 0.220. The minimum Gasteiger partial charge on any atom is -0.497 e. The largest absolute Gasteiger partial charge is 0.497 e. The van der Waals surface area contributed by atoms with Gasteiger partial charge in [0.1, 0.15) is 11.5 Å². The maximum atomic E-state index is 12.8. The molecule has 8 heteroatoms. The number of anilines is 2. The van der Waals surface area contributed by atoms with E-state index in [4.69, 9.17) is 9.47 Å². The highest BCUT2D eigenvalue weighted by molar-refractivity contribution is 5.93. The van der Waals surface area contributed by atoms with Gasteiger partial charge in [-0.15, -0.1) is 0 Å². The number of urea groups is 2. The Bertz CT molecular complexity index is 1180. The molecule has 0 bridgehead atoms. The molecule has 0 spiro atoms. The van der Waals surface area contributed by atoms with Gasteiger partial charge < -0.3 is 29.9 Å². The van der Waals surface area contributed by atoms with Crippen LogP contribution in [0.15, 0.2) is 66.7 Å². The second-order valence-electron chi connectivity index (χ2n) is 8.31. The lowest BCUT2D eigenvalue weighted by Crippen LogP contribution is -2.32. The van der Waals surface area contributed by atoms with Crippen LogP contribution in [0.5, 0.6) is 11.5 Å². The summed E-state index contributed by atoms with van der Waals surface area (Å²) in [4.78, 5) is 28.7. The number of hydrogen-bond acceptors (Lipinski definition) is 4. The number of benzene rings is 3. The topological polar surface area (TPSA) is 83.1 Å². The third-order valence-corrected chi connectivity index (χ3v) is 5.53. The molecule has 0 aromatic heterocycles. The smallest absolute Gasteiger partial charge is 0.321 e. The predicted molar refractivity (Wildman–Crippen MR) is 138 cm³/mol. The van der Waals surface area contributed by atoms with Crippen molar-refractivity contribution in [3.8, 4) is 11.5 Å². The van der Waals surface area contributed by atoms with Crippen LogP contribution in [0.25, 0.3) is 0 Å². The molecule has 0 saturated heterocycles. The molecular formula is C27H32N4O4. The molecule has 35 heavy (non-hydrogen) atoms. The summed E-state index contributed by atoms with van der Waals surface area (Å²) in [5, 5.41) is 5.82. The summed E-state index contributed by atoms with van der Waals surface area (Å²) < 4.78 is 10.5. The Morgan fingerprint density at radius 1 is 0.743 bits per heavy atom. The molecule has 0 heterocycles. The zero-order valence-corrected chi connectivity index (χ0v) is 20.8. The van der Waals surface area contributed by atoms with Crippen molar-refractivity contribution in [2.24, 2.45) is 0 Å². The Morgan fingerprint density at radius 3 is 1.77 bits per heavy atom. The van der Waals surface area contributed by atoms with Crippen LogP contribution in [0.1, 0.15) is 16.7 Å².